The normalized spacial score (nSPS) is 11.3. The summed E-state index contributed by atoms with van der Waals surface area (Å²) in [4.78, 5) is 30.3. The number of methoxy groups -OCH3 is 1. The van der Waals surface area contributed by atoms with Crippen molar-refractivity contribution < 1.29 is 4.74 Å². The van der Waals surface area contributed by atoms with Crippen LogP contribution in [0, 0.1) is 0 Å². The standard InChI is InChI=1S/C16H22N6O3/c1-20(2)15(18-10-7-6-8-11(9-10)25-5)19-12-13(17)21(3)16(24)22(4)14(12)23/h6-9H,17H2,1-5H3,(H,18,19). The Balaban J connectivity index is 2.55. The molecule has 0 aliphatic rings. The first-order valence-corrected chi connectivity index (χ1v) is 7.48. The van der Waals surface area contributed by atoms with Crippen molar-refractivity contribution in [2.24, 2.45) is 19.1 Å². The molecule has 0 saturated heterocycles. The predicted molar refractivity (Wildman–Crippen MR) is 98.7 cm³/mol. The average Bonchev–Trinajstić information content (AvgIpc) is 2.60. The van der Waals surface area contributed by atoms with Crippen molar-refractivity contribution in [1.82, 2.24) is 14.0 Å². The van der Waals surface area contributed by atoms with E-state index in [4.69, 9.17) is 10.5 Å². The lowest BCUT2D eigenvalue weighted by Gasteiger charge is -2.18. The molecule has 0 aliphatic heterocycles. The SMILES string of the molecule is COc1cccc(NC(=Nc2c(N)n(C)c(=O)n(C)c2=O)N(C)C)c1. The molecule has 0 atom stereocenters. The van der Waals surface area contributed by atoms with Crippen LogP contribution in [-0.4, -0.2) is 41.2 Å². The Morgan fingerprint density at radius 1 is 1.24 bits per heavy atom. The molecule has 2 rings (SSSR count). The second kappa shape index (κ2) is 7.12. The topological polar surface area (TPSA) is 107 Å². The molecule has 0 aliphatic carbocycles. The molecule has 0 radical (unpaired) electrons. The van der Waals surface area contributed by atoms with Gasteiger partial charge in [0.2, 0.25) is 5.96 Å². The number of guanidine groups is 1. The minimum Gasteiger partial charge on any atom is -0.497 e. The van der Waals surface area contributed by atoms with Gasteiger partial charge in [-0.15, -0.1) is 0 Å². The van der Waals surface area contributed by atoms with Crippen molar-refractivity contribution in [2.75, 3.05) is 32.3 Å². The van der Waals surface area contributed by atoms with Crippen molar-refractivity contribution in [1.29, 1.82) is 0 Å². The molecule has 0 amide bonds. The van der Waals surface area contributed by atoms with Crippen LogP contribution in [0.15, 0.2) is 38.8 Å². The van der Waals surface area contributed by atoms with Crippen LogP contribution in [0.3, 0.4) is 0 Å². The summed E-state index contributed by atoms with van der Waals surface area (Å²) in [6.45, 7) is 0. The van der Waals surface area contributed by atoms with Crippen LogP contribution in [0.5, 0.6) is 5.75 Å². The summed E-state index contributed by atoms with van der Waals surface area (Å²) in [6, 6.07) is 7.28. The largest absolute Gasteiger partial charge is 0.497 e. The fourth-order valence-corrected chi connectivity index (χ4v) is 2.12. The molecular weight excluding hydrogens is 324 g/mol. The minimum atomic E-state index is -0.563. The maximum atomic E-state index is 12.4. The molecule has 9 heteroatoms. The maximum absolute atomic E-state index is 12.4. The highest BCUT2D eigenvalue weighted by atomic mass is 16.5. The van der Waals surface area contributed by atoms with Gasteiger partial charge in [0.15, 0.2) is 5.69 Å². The molecule has 1 heterocycles. The second-order valence-electron chi connectivity index (χ2n) is 5.63. The summed E-state index contributed by atoms with van der Waals surface area (Å²) in [5.74, 6) is 1.07. The monoisotopic (exact) mass is 346 g/mol. The Morgan fingerprint density at radius 3 is 2.52 bits per heavy atom. The van der Waals surface area contributed by atoms with Crippen LogP contribution >= 0.6 is 0 Å². The number of rotatable bonds is 3. The Kier molecular flexibility index (Phi) is 5.16. The lowest BCUT2D eigenvalue weighted by molar-refractivity contribution is 0.415. The summed E-state index contributed by atoms with van der Waals surface area (Å²) in [5.41, 5.74) is 5.57. The van der Waals surface area contributed by atoms with E-state index in [1.165, 1.54) is 18.7 Å². The summed E-state index contributed by atoms with van der Waals surface area (Å²) in [6.07, 6.45) is 0. The van der Waals surface area contributed by atoms with Gasteiger partial charge in [0.25, 0.3) is 5.56 Å². The van der Waals surface area contributed by atoms with Crippen molar-refractivity contribution in [3.63, 3.8) is 0 Å². The lowest BCUT2D eigenvalue weighted by atomic mass is 10.3. The van der Waals surface area contributed by atoms with E-state index < -0.39 is 11.2 Å². The minimum absolute atomic E-state index is 0.0000998. The zero-order chi connectivity index (χ0) is 18.7. The quantitative estimate of drug-likeness (QED) is 0.613. The Hall–Kier alpha value is -3.23. The fraction of sp³-hybridized carbons (Fsp3) is 0.312. The Morgan fingerprint density at radius 2 is 1.92 bits per heavy atom. The van der Waals surface area contributed by atoms with Gasteiger partial charge in [-0.3, -0.25) is 13.9 Å². The number of nitrogens with zero attached hydrogens (tertiary/aromatic N) is 4. The molecule has 0 spiro atoms. The molecule has 0 saturated carbocycles. The van der Waals surface area contributed by atoms with Crippen LogP contribution in [0.2, 0.25) is 0 Å². The molecule has 1 aromatic carbocycles. The maximum Gasteiger partial charge on any atom is 0.332 e. The van der Waals surface area contributed by atoms with E-state index >= 15 is 0 Å². The number of nitrogens with one attached hydrogen (secondary N) is 1. The van der Waals surface area contributed by atoms with E-state index in [0.29, 0.717) is 11.7 Å². The van der Waals surface area contributed by atoms with Crippen LogP contribution < -0.4 is 27.0 Å². The average molecular weight is 346 g/mol. The number of aromatic nitrogens is 2. The van der Waals surface area contributed by atoms with E-state index in [0.717, 1.165) is 10.3 Å². The zero-order valence-corrected chi connectivity index (χ0v) is 14.9. The lowest BCUT2D eigenvalue weighted by Crippen LogP contribution is -2.38. The van der Waals surface area contributed by atoms with Gasteiger partial charge >= 0.3 is 5.69 Å². The van der Waals surface area contributed by atoms with Crippen LogP contribution in [0.4, 0.5) is 17.2 Å². The molecular formula is C16H22N6O3. The van der Waals surface area contributed by atoms with Crippen molar-refractivity contribution in [3.05, 3.63) is 45.1 Å². The molecule has 0 fully saturated rings. The van der Waals surface area contributed by atoms with E-state index in [9.17, 15) is 9.59 Å². The number of ether oxygens (including phenoxy) is 1. The van der Waals surface area contributed by atoms with Crippen LogP contribution in [0.25, 0.3) is 0 Å². The molecule has 0 unspecified atom stereocenters. The second-order valence-corrected chi connectivity index (χ2v) is 5.63. The first-order valence-electron chi connectivity index (χ1n) is 7.48. The smallest absolute Gasteiger partial charge is 0.332 e. The summed E-state index contributed by atoms with van der Waals surface area (Å²) in [5, 5.41) is 3.11. The van der Waals surface area contributed by atoms with Gasteiger partial charge in [-0.1, -0.05) is 6.07 Å². The third-order valence-electron chi connectivity index (χ3n) is 3.65. The summed E-state index contributed by atoms with van der Waals surface area (Å²) < 4.78 is 7.34. The first kappa shape index (κ1) is 18.1. The number of hydrogen-bond acceptors (Lipinski definition) is 5. The van der Waals surface area contributed by atoms with Gasteiger partial charge in [-0.25, -0.2) is 9.79 Å². The van der Waals surface area contributed by atoms with E-state index in [1.807, 2.05) is 18.2 Å². The van der Waals surface area contributed by atoms with Crippen molar-refractivity contribution in [3.8, 4) is 5.75 Å². The number of benzene rings is 1. The fourth-order valence-electron chi connectivity index (χ4n) is 2.12. The summed E-state index contributed by atoms with van der Waals surface area (Å²) >= 11 is 0. The molecule has 9 nitrogen and oxygen atoms in total. The van der Waals surface area contributed by atoms with E-state index in [-0.39, 0.29) is 11.5 Å². The third-order valence-corrected chi connectivity index (χ3v) is 3.65. The van der Waals surface area contributed by atoms with Gasteiger partial charge in [0, 0.05) is 39.9 Å². The molecule has 134 valence electrons. The zero-order valence-electron chi connectivity index (χ0n) is 14.9. The van der Waals surface area contributed by atoms with E-state index in [1.54, 1.807) is 32.2 Å². The van der Waals surface area contributed by atoms with E-state index in [2.05, 4.69) is 10.3 Å². The number of nitrogens with two attached hydrogens (primary N) is 1. The highest BCUT2D eigenvalue weighted by Gasteiger charge is 2.14. The number of nitrogen functional groups attached to an aromatic ring is 1. The van der Waals surface area contributed by atoms with Gasteiger partial charge in [0.1, 0.15) is 11.6 Å². The summed E-state index contributed by atoms with van der Waals surface area (Å²) in [7, 11) is 7.99. The number of aliphatic imine (C=N–C) groups is 1. The van der Waals surface area contributed by atoms with Gasteiger partial charge in [-0.05, 0) is 12.1 Å². The molecule has 1 aromatic heterocycles. The van der Waals surface area contributed by atoms with Crippen molar-refractivity contribution in [2.45, 2.75) is 0 Å². The van der Waals surface area contributed by atoms with Gasteiger partial charge in [-0.2, -0.15) is 0 Å². The Labute approximate surface area is 145 Å². The number of hydrogen-bond donors (Lipinski definition) is 2. The third kappa shape index (κ3) is 3.65. The highest BCUT2D eigenvalue weighted by Crippen LogP contribution is 2.19. The molecule has 0 bridgehead atoms. The van der Waals surface area contributed by atoms with Crippen LogP contribution in [0.1, 0.15) is 0 Å². The molecule has 2 aromatic rings. The predicted octanol–water partition coefficient (Wildman–Crippen LogP) is 0.336. The Bertz CT molecular complexity index is 926. The molecule has 3 N–H and O–H groups in total. The molecule has 25 heavy (non-hydrogen) atoms. The number of anilines is 2. The van der Waals surface area contributed by atoms with Gasteiger partial charge in [0.05, 0.1) is 7.11 Å². The van der Waals surface area contributed by atoms with Crippen molar-refractivity contribution >= 4 is 23.2 Å². The first-order chi connectivity index (χ1) is 11.8. The van der Waals surface area contributed by atoms with Crippen LogP contribution in [-0.2, 0) is 14.1 Å². The highest BCUT2D eigenvalue weighted by molar-refractivity contribution is 5.95. The van der Waals surface area contributed by atoms with Gasteiger partial charge < -0.3 is 20.7 Å².